The summed E-state index contributed by atoms with van der Waals surface area (Å²) in [6.45, 7) is 2.84. The first kappa shape index (κ1) is 22.5. The lowest BCUT2D eigenvalue weighted by Gasteiger charge is -2.44. The molecule has 2 aromatic rings. The summed E-state index contributed by atoms with van der Waals surface area (Å²) in [6, 6.07) is 17.7. The van der Waals surface area contributed by atoms with Gasteiger partial charge in [-0.25, -0.2) is 13.6 Å². The fourth-order valence-electron chi connectivity index (χ4n) is 7.20. The van der Waals surface area contributed by atoms with Crippen LogP contribution in [0.2, 0.25) is 0 Å². The maximum atomic E-state index is 14.6. The molecule has 0 amide bonds. The number of fused-ring (bicyclic) bond motifs is 2. The van der Waals surface area contributed by atoms with Crippen LogP contribution in [0.5, 0.6) is 0 Å². The van der Waals surface area contributed by atoms with Crippen molar-refractivity contribution < 1.29 is 23.7 Å². The Bertz CT molecular complexity index is 993. The van der Waals surface area contributed by atoms with Crippen LogP contribution < -0.4 is 5.32 Å². The second-order valence-corrected chi connectivity index (χ2v) is 10.1. The minimum atomic E-state index is -2.82. The van der Waals surface area contributed by atoms with E-state index in [0.29, 0.717) is 0 Å². The summed E-state index contributed by atoms with van der Waals surface area (Å²) >= 11 is 0. The molecular formula is C27H31F2NO3. The monoisotopic (exact) mass is 455 g/mol. The molecule has 0 aromatic heterocycles. The maximum absolute atomic E-state index is 14.6. The van der Waals surface area contributed by atoms with Gasteiger partial charge < -0.3 is 5.32 Å². The van der Waals surface area contributed by atoms with Crippen molar-refractivity contribution in [3.63, 3.8) is 0 Å². The third kappa shape index (κ3) is 3.58. The summed E-state index contributed by atoms with van der Waals surface area (Å²) in [6.07, 6.45) is 1.46. The number of carbonyl (C=O) groups excluding carboxylic acids is 1. The van der Waals surface area contributed by atoms with Gasteiger partial charge in [0.25, 0.3) is 0 Å². The van der Waals surface area contributed by atoms with Crippen molar-refractivity contribution in [1.29, 1.82) is 0 Å². The number of benzene rings is 2. The van der Waals surface area contributed by atoms with E-state index in [1.165, 1.54) is 0 Å². The summed E-state index contributed by atoms with van der Waals surface area (Å²) < 4.78 is 29.2. The average molecular weight is 456 g/mol. The van der Waals surface area contributed by atoms with Gasteiger partial charge in [0.1, 0.15) is 5.41 Å². The molecule has 176 valence electrons. The Morgan fingerprint density at radius 3 is 2.42 bits per heavy atom. The highest BCUT2D eigenvalue weighted by molar-refractivity contribution is 5.85. The third-order valence-corrected chi connectivity index (χ3v) is 8.60. The van der Waals surface area contributed by atoms with Crippen LogP contribution >= 0.6 is 0 Å². The fourth-order valence-corrected chi connectivity index (χ4v) is 7.20. The van der Waals surface area contributed by atoms with Crippen molar-refractivity contribution >= 4 is 5.97 Å². The van der Waals surface area contributed by atoms with Crippen LogP contribution in [0, 0.1) is 17.8 Å². The van der Waals surface area contributed by atoms with Crippen molar-refractivity contribution in [2.24, 2.45) is 17.8 Å². The van der Waals surface area contributed by atoms with E-state index in [1.54, 1.807) is 0 Å². The van der Waals surface area contributed by atoms with Crippen molar-refractivity contribution in [3.8, 4) is 0 Å². The Hall–Kier alpha value is -2.31. The number of nitrogens with one attached hydrogen (secondary N) is 1. The molecule has 0 radical (unpaired) electrons. The van der Waals surface area contributed by atoms with Gasteiger partial charge in [0, 0.05) is 24.8 Å². The Morgan fingerprint density at radius 2 is 1.85 bits per heavy atom. The predicted octanol–water partition coefficient (Wildman–Crippen LogP) is 5.53. The van der Waals surface area contributed by atoms with Gasteiger partial charge in [-0.3, -0.25) is 4.89 Å². The highest BCUT2D eigenvalue weighted by Gasteiger charge is 2.65. The van der Waals surface area contributed by atoms with Crippen LogP contribution in [0.15, 0.2) is 54.6 Å². The van der Waals surface area contributed by atoms with Gasteiger partial charge >= 0.3 is 5.97 Å². The van der Waals surface area contributed by atoms with Gasteiger partial charge in [-0.1, -0.05) is 61.5 Å². The first-order valence-electron chi connectivity index (χ1n) is 12.0. The average Bonchev–Trinajstić information content (AvgIpc) is 3.55. The topological polar surface area (TPSA) is 58.6 Å². The van der Waals surface area contributed by atoms with Crippen molar-refractivity contribution in [1.82, 2.24) is 5.32 Å². The number of halogens is 2. The van der Waals surface area contributed by atoms with Crippen LogP contribution in [0.25, 0.3) is 0 Å². The molecule has 2 N–H and O–H groups in total. The molecule has 1 heterocycles. The summed E-state index contributed by atoms with van der Waals surface area (Å²) in [7, 11) is 0. The van der Waals surface area contributed by atoms with Crippen LogP contribution in [0.3, 0.4) is 0 Å². The molecule has 2 saturated carbocycles. The molecule has 6 heteroatoms. The van der Waals surface area contributed by atoms with Gasteiger partial charge in [-0.15, -0.1) is 0 Å². The quantitative estimate of drug-likeness (QED) is 0.444. The van der Waals surface area contributed by atoms with Crippen LogP contribution in [-0.4, -0.2) is 29.7 Å². The molecule has 2 bridgehead atoms. The molecule has 33 heavy (non-hydrogen) atoms. The van der Waals surface area contributed by atoms with Crippen molar-refractivity contribution in [2.45, 2.75) is 62.3 Å². The normalized spacial score (nSPS) is 30.7. The molecule has 5 rings (SSSR count). The fraction of sp³-hybridized carbons (Fsp3) is 0.519. The Labute approximate surface area is 193 Å². The molecule has 1 aliphatic heterocycles. The Balaban J connectivity index is 1.73. The van der Waals surface area contributed by atoms with E-state index in [0.717, 1.165) is 36.1 Å². The van der Waals surface area contributed by atoms with E-state index in [9.17, 15) is 18.8 Å². The minimum absolute atomic E-state index is 0.0448. The molecule has 2 aromatic carbocycles. The van der Waals surface area contributed by atoms with Gasteiger partial charge in [-0.05, 0) is 60.3 Å². The summed E-state index contributed by atoms with van der Waals surface area (Å²) in [5.74, 6) is -4.28. The smallest absolute Gasteiger partial charge is 0.313 e. The zero-order chi connectivity index (χ0) is 23.2. The molecule has 4 nitrogen and oxygen atoms in total. The largest absolute Gasteiger partial charge is 0.353 e. The van der Waals surface area contributed by atoms with E-state index in [-0.39, 0.29) is 43.1 Å². The van der Waals surface area contributed by atoms with E-state index in [2.05, 4.69) is 17.1 Å². The lowest BCUT2D eigenvalue weighted by Crippen LogP contribution is -2.53. The molecule has 3 aliphatic rings. The first-order valence-corrected chi connectivity index (χ1v) is 12.0. The summed E-state index contributed by atoms with van der Waals surface area (Å²) in [5, 5.41) is 13.3. The molecular weight excluding hydrogens is 424 g/mol. The second-order valence-electron chi connectivity index (χ2n) is 10.1. The second kappa shape index (κ2) is 8.48. The lowest BCUT2D eigenvalue weighted by atomic mass is 9.57. The van der Waals surface area contributed by atoms with E-state index in [1.807, 2.05) is 54.6 Å². The van der Waals surface area contributed by atoms with Crippen molar-refractivity contribution in [3.05, 3.63) is 71.3 Å². The number of piperidine rings is 1. The molecule has 1 saturated heterocycles. The van der Waals surface area contributed by atoms with Gasteiger partial charge in [0.2, 0.25) is 5.92 Å². The SMILES string of the molecule is C[C@@H](c1ccccc1)c1ccccc1C(C(=O)OO)(C1CCC(F)(F)C1)C1C2CCC1NC2. The molecule has 5 unspecified atom stereocenters. The van der Waals surface area contributed by atoms with Gasteiger partial charge in [-0.2, -0.15) is 5.26 Å². The Morgan fingerprint density at radius 1 is 1.12 bits per heavy atom. The van der Waals surface area contributed by atoms with E-state index in [4.69, 9.17) is 0 Å². The zero-order valence-corrected chi connectivity index (χ0v) is 18.8. The third-order valence-electron chi connectivity index (χ3n) is 8.60. The van der Waals surface area contributed by atoms with Crippen LogP contribution in [0.4, 0.5) is 8.78 Å². The molecule has 3 fully saturated rings. The predicted molar refractivity (Wildman–Crippen MR) is 121 cm³/mol. The van der Waals surface area contributed by atoms with E-state index < -0.39 is 23.2 Å². The lowest BCUT2D eigenvalue weighted by molar-refractivity contribution is -0.246. The zero-order valence-electron chi connectivity index (χ0n) is 18.8. The number of carbonyl (C=O) groups is 1. The number of alkyl halides is 2. The first-order chi connectivity index (χ1) is 15.9. The number of hydrogen-bond acceptors (Lipinski definition) is 4. The standard InChI is InChI=1S/C27H31F2NO3/c1-17(18-7-3-2-4-8-18)21-9-5-6-10-22(21)27(25(31)33-32,20-13-14-26(28,29)15-20)24-19-11-12-23(24)30-16-19/h2-10,17,19-20,23-24,30,32H,11-16H2,1H3/t17-,19?,20?,23?,24?,27?/m0/s1. The highest BCUT2D eigenvalue weighted by Crippen LogP contribution is 2.59. The summed E-state index contributed by atoms with van der Waals surface area (Å²) in [5.41, 5.74) is 1.41. The maximum Gasteiger partial charge on any atom is 0.353 e. The van der Waals surface area contributed by atoms with Gasteiger partial charge in [0.05, 0.1) is 0 Å². The van der Waals surface area contributed by atoms with Crippen molar-refractivity contribution in [2.75, 3.05) is 6.54 Å². The van der Waals surface area contributed by atoms with Gasteiger partial charge in [0.15, 0.2) is 0 Å². The number of rotatable bonds is 6. The minimum Gasteiger partial charge on any atom is -0.313 e. The molecule has 0 spiro atoms. The Kier molecular flexibility index (Phi) is 5.78. The highest BCUT2D eigenvalue weighted by atomic mass is 19.3. The van der Waals surface area contributed by atoms with Crippen LogP contribution in [0.1, 0.15) is 61.6 Å². The molecule has 2 aliphatic carbocycles. The number of hydrogen-bond donors (Lipinski definition) is 2. The van der Waals surface area contributed by atoms with Crippen LogP contribution in [-0.2, 0) is 15.1 Å². The summed E-state index contributed by atoms with van der Waals surface area (Å²) in [4.78, 5) is 18.2. The molecule has 6 atom stereocenters. The van der Waals surface area contributed by atoms with E-state index >= 15 is 0 Å².